The van der Waals surface area contributed by atoms with E-state index in [0.29, 0.717) is 24.2 Å². The van der Waals surface area contributed by atoms with Crippen molar-refractivity contribution >= 4 is 0 Å². The van der Waals surface area contributed by atoms with E-state index in [1.165, 1.54) is 0 Å². The third-order valence-corrected chi connectivity index (χ3v) is 3.41. The van der Waals surface area contributed by atoms with Crippen molar-refractivity contribution in [2.45, 2.75) is 39.7 Å². The molecule has 21 heavy (non-hydrogen) atoms. The van der Waals surface area contributed by atoms with Gasteiger partial charge in [0.15, 0.2) is 0 Å². The van der Waals surface area contributed by atoms with Gasteiger partial charge in [0.1, 0.15) is 5.75 Å². The van der Waals surface area contributed by atoms with Crippen LogP contribution in [-0.2, 0) is 0 Å². The molecule has 1 heterocycles. The van der Waals surface area contributed by atoms with E-state index >= 15 is 0 Å². The normalized spacial score (nSPS) is 14.2. The van der Waals surface area contributed by atoms with Crippen molar-refractivity contribution in [3.63, 3.8) is 0 Å². The second-order valence-electron chi connectivity index (χ2n) is 5.55. The molecule has 0 aliphatic rings. The number of benzene rings is 1. The lowest BCUT2D eigenvalue weighted by Gasteiger charge is -2.20. The smallest absolute Gasteiger partial charge is 0.231 e. The summed E-state index contributed by atoms with van der Waals surface area (Å²) in [5.74, 6) is 2.36. The number of rotatable bonds is 6. The SMILES string of the molecule is CCOc1cccc(-c2noc(C(C(C)C)C(C)N)n2)c1. The topological polar surface area (TPSA) is 74.2 Å². The van der Waals surface area contributed by atoms with E-state index in [4.69, 9.17) is 15.0 Å². The zero-order valence-electron chi connectivity index (χ0n) is 13.0. The van der Waals surface area contributed by atoms with E-state index in [1.807, 2.05) is 38.1 Å². The van der Waals surface area contributed by atoms with Crippen LogP contribution in [0.4, 0.5) is 0 Å². The van der Waals surface area contributed by atoms with E-state index in [0.717, 1.165) is 11.3 Å². The number of aromatic nitrogens is 2. The Hall–Kier alpha value is -1.88. The zero-order chi connectivity index (χ0) is 15.4. The van der Waals surface area contributed by atoms with Gasteiger partial charge in [-0.1, -0.05) is 31.1 Å². The van der Waals surface area contributed by atoms with Gasteiger partial charge in [0, 0.05) is 11.6 Å². The molecule has 1 aromatic heterocycles. The Kier molecular flexibility index (Phi) is 4.96. The molecule has 5 nitrogen and oxygen atoms in total. The average Bonchev–Trinajstić information content (AvgIpc) is 2.88. The Bertz CT molecular complexity index is 570. The van der Waals surface area contributed by atoms with Crippen molar-refractivity contribution < 1.29 is 9.26 Å². The van der Waals surface area contributed by atoms with Crippen molar-refractivity contribution in [2.75, 3.05) is 6.61 Å². The minimum absolute atomic E-state index is 0.0342. The number of hydrogen-bond acceptors (Lipinski definition) is 5. The second kappa shape index (κ2) is 6.72. The van der Waals surface area contributed by atoms with Crippen LogP contribution in [0.25, 0.3) is 11.4 Å². The van der Waals surface area contributed by atoms with Crippen LogP contribution in [-0.4, -0.2) is 22.8 Å². The van der Waals surface area contributed by atoms with Crippen LogP contribution in [0.1, 0.15) is 39.5 Å². The standard InChI is InChI=1S/C16H23N3O2/c1-5-20-13-8-6-7-12(9-13)15-18-16(21-19-15)14(10(2)3)11(4)17/h6-11,14H,5,17H2,1-4H3. The molecule has 0 radical (unpaired) electrons. The molecule has 5 heteroatoms. The molecule has 0 bridgehead atoms. The summed E-state index contributed by atoms with van der Waals surface area (Å²) in [6.45, 7) is 8.75. The Morgan fingerprint density at radius 2 is 2.05 bits per heavy atom. The molecule has 2 N–H and O–H groups in total. The Balaban J connectivity index is 2.29. The lowest BCUT2D eigenvalue weighted by Crippen LogP contribution is -2.28. The highest BCUT2D eigenvalue weighted by Crippen LogP contribution is 2.28. The highest BCUT2D eigenvalue weighted by atomic mass is 16.5. The third-order valence-electron chi connectivity index (χ3n) is 3.41. The van der Waals surface area contributed by atoms with E-state index in [2.05, 4.69) is 24.0 Å². The predicted molar refractivity (Wildman–Crippen MR) is 82.1 cm³/mol. The number of nitrogens with two attached hydrogens (primary N) is 1. The van der Waals surface area contributed by atoms with Crippen LogP contribution >= 0.6 is 0 Å². The van der Waals surface area contributed by atoms with Crippen molar-refractivity contribution in [1.82, 2.24) is 10.1 Å². The number of hydrogen-bond donors (Lipinski definition) is 1. The maximum Gasteiger partial charge on any atom is 0.231 e. The van der Waals surface area contributed by atoms with Crippen LogP contribution in [0.3, 0.4) is 0 Å². The van der Waals surface area contributed by atoms with Crippen molar-refractivity contribution in [1.29, 1.82) is 0 Å². The highest BCUT2D eigenvalue weighted by Gasteiger charge is 2.26. The second-order valence-corrected chi connectivity index (χ2v) is 5.55. The molecule has 2 unspecified atom stereocenters. The highest BCUT2D eigenvalue weighted by molar-refractivity contribution is 5.56. The first-order valence-corrected chi connectivity index (χ1v) is 7.35. The summed E-state index contributed by atoms with van der Waals surface area (Å²) in [5, 5.41) is 4.08. The molecule has 0 saturated heterocycles. The maximum absolute atomic E-state index is 6.03. The van der Waals surface area contributed by atoms with Crippen molar-refractivity contribution in [3.05, 3.63) is 30.2 Å². The first kappa shape index (κ1) is 15.5. The van der Waals surface area contributed by atoms with Gasteiger partial charge in [0.05, 0.1) is 12.5 Å². The van der Waals surface area contributed by atoms with Gasteiger partial charge in [-0.25, -0.2) is 0 Å². The molecule has 2 atom stereocenters. The van der Waals surface area contributed by atoms with Gasteiger partial charge in [-0.2, -0.15) is 4.98 Å². The fraction of sp³-hybridized carbons (Fsp3) is 0.500. The summed E-state index contributed by atoms with van der Waals surface area (Å²) in [7, 11) is 0. The van der Waals surface area contributed by atoms with E-state index in [-0.39, 0.29) is 12.0 Å². The first-order valence-electron chi connectivity index (χ1n) is 7.35. The molecule has 0 spiro atoms. The van der Waals surface area contributed by atoms with E-state index in [1.54, 1.807) is 0 Å². The average molecular weight is 289 g/mol. The van der Waals surface area contributed by atoms with Gasteiger partial charge < -0.3 is 15.0 Å². The zero-order valence-corrected chi connectivity index (χ0v) is 13.0. The summed E-state index contributed by atoms with van der Waals surface area (Å²) in [4.78, 5) is 4.51. The fourth-order valence-electron chi connectivity index (χ4n) is 2.50. The molecule has 2 aromatic rings. The van der Waals surface area contributed by atoms with Crippen LogP contribution in [0.15, 0.2) is 28.8 Å². The molecule has 0 amide bonds. The molecule has 0 saturated carbocycles. The summed E-state index contributed by atoms with van der Waals surface area (Å²) < 4.78 is 10.9. The van der Waals surface area contributed by atoms with E-state index in [9.17, 15) is 0 Å². The summed E-state index contributed by atoms with van der Waals surface area (Å²) >= 11 is 0. The summed E-state index contributed by atoms with van der Waals surface area (Å²) in [6.07, 6.45) is 0. The number of nitrogens with zero attached hydrogens (tertiary/aromatic N) is 2. The molecule has 0 fully saturated rings. The molecule has 114 valence electrons. The van der Waals surface area contributed by atoms with Gasteiger partial charge in [0.2, 0.25) is 11.7 Å². The van der Waals surface area contributed by atoms with Crippen LogP contribution in [0.5, 0.6) is 5.75 Å². The molecule has 0 aliphatic heterocycles. The first-order chi connectivity index (χ1) is 10.0. The Morgan fingerprint density at radius 3 is 2.67 bits per heavy atom. The van der Waals surface area contributed by atoms with E-state index < -0.39 is 0 Å². The summed E-state index contributed by atoms with van der Waals surface area (Å²) in [5.41, 5.74) is 6.91. The lowest BCUT2D eigenvalue weighted by molar-refractivity contribution is 0.300. The monoisotopic (exact) mass is 289 g/mol. The molecule has 2 rings (SSSR count). The Labute approximate surface area is 125 Å². The summed E-state index contributed by atoms with van der Waals surface area (Å²) in [6, 6.07) is 7.64. The third kappa shape index (κ3) is 3.61. The predicted octanol–water partition coefficient (Wildman–Crippen LogP) is 3.22. The van der Waals surface area contributed by atoms with Gasteiger partial charge in [-0.3, -0.25) is 0 Å². The van der Waals surface area contributed by atoms with Gasteiger partial charge in [0.25, 0.3) is 0 Å². The lowest BCUT2D eigenvalue weighted by atomic mass is 9.90. The van der Waals surface area contributed by atoms with Crippen molar-refractivity contribution in [3.8, 4) is 17.1 Å². The fourth-order valence-corrected chi connectivity index (χ4v) is 2.50. The minimum atomic E-state index is -0.0342. The Morgan fingerprint density at radius 1 is 1.29 bits per heavy atom. The van der Waals surface area contributed by atoms with Gasteiger partial charge in [-0.05, 0) is 31.9 Å². The van der Waals surface area contributed by atoms with Crippen LogP contribution < -0.4 is 10.5 Å². The quantitative estimate of drug-likeness (QED) is 0.883. The molecular formula is C16H23N3O2. The van der Waals surface area contributed by atoms with Crippen LogP contribution in [0.2, 0.25) is 0 Å². The van der Waals surface area contributed by atoms with Gasteiger partial charge >= 0.3 is 0 Å². The van der Waals surface area contributed by atoms with Crippen LogP contribution in [0, 0.1) is 5.92 Å². The largest absolute Gasteiger partial charge is 0.494 e. The van der Waals surface area contributed by atoms with Crippen molar-refractivity contribution in [2.24, 2.45) is 11.7 Å². The minimum Gasteiger partial charge on any atom is -0.494 e. The maximum atomic E-state index is 6.03. The van der Waals surface area contributed by atoms with Gasteiger partial charge in [-0.15, -0.1) is 0 Å². The molecule has 1 aromatic carbocycles. The molecular weight excluding hydrogens is 266 g/mol. The number of ether oxygens (including phenoxy) is 1. The molecule has 0 aliphatic carbocycles.